The first kappa shape index (κ1) is 22.6. The lowest BCUT2D eigenvalue weighted by molar-refractivity contribution is -0.148. The molecule has 160 valence electrons. The summed E-state index contributed by atoms with van der Waals surface area (Å²) in [6, 6.07) is 19.1. The van der Waals surface area contributed by atoms with E-state index < -0.39 is 11.6 Å². The quantitative estimate of drug-likeness (QED) is 0.257. The number of benzene rings is 3. The fraction of sp³-hybridized carbons (Fsp3) is 0.276. The Balaban J connectivity index is 2.50. The summed E-state index contributed by atoms with van der Waals surface area (Å²) in [5.41, 5.74) is 8.86. The van der Waals surface area contributed by atoms with E-state index in [0.29, 0.717) is 5.57 Å². The predicted molar refractivity (Wildman–Crippen MR) is 129 cm³/mol. The highest BCUT2D eigenvalue weighted by Gasteiger charge is 2.41. The minimum absolute atomic E-state index is 0.377. The summed E-state index contributed by atoms with van der Waals surface area (Å²) in [4.78, 5) is 13.1. The van der Waals surface area contributed by atoms with Gasteiger partial charge in [-0.3, -0.25) is 0 Å². The minimum Gasteiger partial charge on any atom is -0.441 e. The van der Waals surface area contributed by atoms with Crippen LogP contribution >= 0.6 is 0 Å². The van der Waals surface area contributed by atoms with Crippen molar-refractivity contribution >= 4 is 5.97 Å². The normalized spacial score (nSPS) is 11.3. The number of esters is 1. The smallest absolute Gasteiger partial charge is 0.334 e. The van der Waals surface area contributed by atoms with Crippen molar-refractivity contribution in [2.45, 2.75) is 54.1 Å². The first-order valence-electron chi connectivity index (χ1n) is 10.7. The molecule has 3 aromatic rings. The summed E-state index contributed by atoms with van der Waals surface area (Å²) < 4.78 is 6.45. The summed E-state index contributed by atoms with van der Waals surface area (Å²) in [5.74, 6) is -0.405. The summed E-state index contributed by atoms with van der Waals surface area (Å²) in [5, 5.41) is 0. The molecule has 3 rings (SSSR count). The van der Waals surface area contributed by atoms with Gasteiger partial charge in [0.1, 0.15) is 0 Å². The Kier molecular flexibility index (Phi) is 6.22. The van der Waals surface area contributed by atoms with Gasteiger partial charge in [-0.15, -0.1) is 0 Å². The van der Waals surface area contributed by atoms with E-state index in [2.05, 4.69) is 103 Å². The van der Waals surface area contributed by atoms with Crippen LogP contribution in [0.15, 0.2) is 66.7 Å². The molecule has 0 radical (unpaired) electrons. The van der Waals surface area contributed by atoms with Crippen LogP contribution in [0.2, 0.25) is 0 Å². The van der Waals surface area contributed by atoms with Crippen LogP contribution in [0, 0.1) is 41.5 Å². The van der Waals surface area contributed by atoms with Gasteiger partial charge in [0.15, 0.2) is 5.60 Å². The standard InChI is InChI=1S/C29H32O2/c1-18(2)28(30)31-29(25-12-19(3)9-20(4)13-25,26-14-21(5)10-22(6)15-26)27-16-23(7)11-24(8)17-27/h9-17H,1H2,2-8H3. The van der Waals surface area contributed by atoms with E-state index in [4.69, 9.17) is 4.74 Å². The molecule has 0 heterocycles. The van der Waals surface area contributed by atoms with Gasteiger partial charge in [-0.2, -0.15) is 0 Å². The van der Waals surface area contributed by atoms with E-state index >= 15 is 0 Å². The van der Waals surface area contributed by atoms with Crippen LogP contribution < -0.4 is 0 Å². The summed E-state index contributed by atoms with van der Waals surface area (Å²) in [6.07, 6.45) is 0. The zero-order valence-electron chi connectivity index (χ0n) is 19.7. The maximum absolute atomic E-state index is 13.1. The second kappa shape index (κ2) is 8.55. The van der Waals surface area contributed by atoms with Gasteiger partial charge in [0, 0.05) is 22.3 Å². The lowest BCUT2D eigenvalue weighted by Gasteiger charge is -2.36. The molecule has 0 aliphatic heterocycles. The predicted octanol–water partition coefficient (Wildman–Crippen LogP) is 6.95. The lowest BCUT2D eigenvalue weighted by atomic mass is 9.77. The molecule has 0 bridgehead atoms. The zero-order valence-corrected chi connectivity index (χ0v) is 19.7. The van der Waals surface area contributed by atoms with E-state index in [1.54, 1.807) is 6.92 Å². The SMILES string of the molecule is C=C(C)C(=O)OC(c1cc(C)cc(C)c1)(c1cc(C)cc(C)c1)c1cc(C)cc(C)c1. The van der Waals surface area contributed by atoms with Crippen LogP contribution in [0.4, 0.5) is 0 Å². The maximum Gasteiger partial charge on any atom is 0.334 e. The number of carbonyl (C=O) groups excluding carboxylic acids is 1. The molecule has 0 aliphatic rings. The fourth-order valence-electron chi connectivity index (χ4n) is 4.44. The van der Waals surface area contributed by atoms with Crippen molar-refractivity contribution in [3.05, 3.63) is 117 Å². The van der Waals surface area contributed by atoms with Gasteiger partial charge in [-0.25, -0.2) is 4.79 Å². The van der Waals surface area contributed by atoms with Crippen molar-refractivity contribution in [1.82, 2.24) is 0 Å². The Morgan fingerprint density at radius 1 is 0.613 bits per heavy atom. The van der Waals surface area contributed by atoms with E-state index in [-0.39, 0.29) is 0 Å². The molecule has 0 N–H and O–H groups in total. The monoisotopic (exact) mass is 412 g/mol. The Morgan fingerprint density at radius 2 is 0.871 bits per heavy atom. The highest BCUT2D eigenvalue weighted by Crippen LogP contribution is 2.43. The number of hydrogen-bond donors (Lipinski definition) is 0. The molecular formula is C29H32O2. The van der Waals surface area contributed by atoms with E-state index in [9.17, 15) is 4.79 Å². The first-order chi connectivity index (χ1) is 14.5. The lowest BCUT2D eigenvalue weighted by Crippen LogP contribution is -2.36. The van der Waals surface area contributed by atoms with Gasteiger partial charge >= 0.3 is 5.97 Å². The van der Waals surface area contributed by atoms with Crippen molar-refractivity contribution in [1.29, 1.82) is 0 Å². The van der Waals surface area contributed by atoms with Gasteiger partial charge in [0.05, 0.1) is 0 Å². The third-order valence-electron chi connectivity index (χ3n) is 5.48. The number of carbonyl (C=O) groups is 1. The van der Waals surface area contributed by atoms with E-state index in [0.717, 1.165) is 50.1 Å². The summed E-state index contributed by atoms with van der Waals surface area (Å²) >= 11 is 0. The molecule has 3 aromatic carbocycles. The highest BCUT2D eigenvalue weighted by molar-refractivity contribution is 5.88. The first-order valence-corrected chi connectivity index (χ1v) is 10.7. The number of ether oxygens (including phenoxy) is 1. The number of aryl methyl sites for hydroxylation is 6. The number of rotatable bonds is 5. The zero-order chi connectivity index (χ0) is 22.9. The second-order valence-electron chi connectivity index (χ2n) is 8.98. The van der Waals surface area contributed by atoms with Gasteiger partial charge in [-0.1, -0.05) is 94.6 Å². The van der Waals surface area contributed by atoms with Crippen LogP contribution in [0.5, 0.6) is 0 Å². The van der Waals surface area contributed by atoms with Crippen molar-refractivity contribution < 1.29 is 9.53 Å². The van der Waals surface area contributed by atoms with Crippen molar-refractivity contribution in [3.63, 3.8) is 0 Å². The topological polar surface area (TPSA) is 26.3 Å². The molecular weight excluding hydrogens is 380 g/mol. The third-order valence-corrected chi connectivity index (χ3v) is 5.48. The second-order valence-corrected chi connectivity index (χ2v) is 8.98. The van der Waals surface area contributed by atoms with E-state index in [1.165, 1.54) is 0 Å². The van der Waals surface area contributed by atoms with Crippen molar-refractivity contribution in [2.24, 2.45) is 0 Å². The fourth-order valence-corrected chi connectivity index (χ4v) is 4.44. The van der Waals surface area contributed by atoms with Gasteiger partial charge < -0.3 is 4.74 Å². The van der Waals surface area contributed by atoms with Crippen LogP contribution in [-0.2, 0) is 15.1 Å². The third kappa shape index (κ3) is 4.64. The largest absolute Gasteiger partial charge is 0.441 e. The van der Waals surface area contributed by atoms with Crippen LogP contribution in [-0.4, -0.2) is 5.97 Å². The molecule has 2 nitrogen and oxygen atoms in total. The van der Waals surface area contributed by atoms with Gasteiger partial charge in [-0.05, 0) is 48.5 Å². The Morgan fingerprint density at radius 3 is 1.10 bits per heavy atom. The Bertz CT molecular complexity index is 981. The van der Waals surface area contributed by atoms with E-state index in [1.807, 2.05) is 0 Å². The van der Waals surface area contributed by atoms with Crippen LogP contribution in [0.3, 0.4) is 0 Å². The number of hydrogen-bond acceptors (Lipinski definition) is 2. The molecule has 2 heteroatoms. The highest BCUT2D eigenvalue weighted by atomic mass is 16.6. The Labute approximate surface area is 186 Å². The average Bonchev–Trinajstić information content (AvgIpc) is 2.63. The van der Waals surface area contributed by atoms with Crippen molar-refractivity contribution in [3.8, 4) is 0 Å². The Hall–Kier alpha value is -3.13. The molecule has 0 saturated heterocycles. The van der Waals surface area contributed by atoms with Gasteiger partial charge in [0.2, 0.25) is 0 Å². The van der Waals surface area contributed by atoms with Crippen LogP contribution in [0.1, 0.15) is 57.0 Å². The average molecular weight is 413 g/mol. The molecule has 0 unspecified atom stereocenters. The molecule has 0 fully saturated rings. The minimum atomic E-state index is -1.08. The molecule has 0 aromatic heterocycles. The molecule has 0 saturated carbocycles. The molecule has 31 heavy (non-hydrogen) atoms. The molecule has 0 aliphatic carbocycles. The molecule has 0 atom stereocenters. The summed E-state index contributed by atoms with van der Waals surface area (Å²) in [7, 11) is 0. The van der Waals surface area contributed by atoms with Gasteiger partial charge in [0.25, 0.3) is 0 Å². The molecule has 0 amide bonds. The van der Waals surface area contributed by atoms with Crippen molar-refractivity contribution in [2.75, 3.05) is 0 Å². The molecule has 0 spiro atoms. The summed E-state index contributed by atoms with van der Waals surface area (Å²) in [6.45, 7) is 18.0. The van der Waals surface area contributed by atoms with Crippen LogP contribution in [0.25, 0.3) is 0 Å². The maximum atomic E-state index is 13.1.